The van der Waals surface area contributed by atoms with Crippen molar-refractivity contribution in [2.24, 2.45) is 0 Å². The van der Waals surface area contributed by atoms with E-state index in [1.165, 1.54) is 37.3 Å². The maximum Gasteiger partial charge on any atom is 0.321 e. The number of pyridine rings is 1. The number of anilines is 2. The second kappa shape index (κ2) is 13.7. The van der Waals surface area contributed by atoms with E-state index < -0.39 is 27.1 Å². The Balaban J connectivity index is 1.71. The minimum atomic E-state index is -3.73. The van der Waals surface area contributed by atoms with E-state index in [2.05, 4.69) is 15.6 Å². The van der Waals surface area contributed by atoms with Gasteiger partial charge in [0.25, 0.3) is 5.91 Å². The van der Waals surface area contributed by atoms with Crippen molar-refractivity contribution in [2.45, 2.75) is 36.6 Å². The van der Waals surface area contributed by atoms with Crippen molar-refractivity contribution in [1.29, 1.82) is 0 Å². The molecule has 0 saturated carbocycles. The Bertz CT molecular complexity index is 1830. The Hall–Kier alpha value is -5.04. The Morgan fingerprint density at radius 1 is 0.956 bits per heavy atom. The van der Waals surface area contributed by atoms with Crippen molar-refractivity contribution in [2.75, 3.05) is 39.4 Å². The molecule has 238 valence electrons. The van der Waals surface area contributed by atoms with Crippen molar-refractivity contribution in [3.8, 4) is 17.2 Å². The van der Waals surface area contributed by atoms with E-state index in [0.717, 1.165) is 10.8 Å². The van der Waals surface area contributed by atoms with Crippen molar-refractivity contribution in [3.63, 3.8) is 0 Å². The smallest absolute Gasteiger partial charge is 0.321 e. The summed E-state index contributed by atoms with van der Waals surface area (Å²) in [5.74, 6) is 1.06. The molecule has 3 amide bonds. The quantitative estimate of drug-likeness (QED) is 0.215. The average Bonchev–Trinajstić information content (AvgIpc) is 3.02. The highest BCUT2D eigenvalue weighted by molar-refractivity contribution is 7.92. The summed E-state index contributed by atoms with van der Waals surface area (Å²) >= 11 is 0. The molecule has 45 heavy (non-hydrogen) atoms. The third-order valence-electron chi connectivity index (χ3n) is 7.07. The minimum Gasteiger partial charge on any atom is -0.493 e. The van der Waals surface area contributed by atoms with Gasteiger partial charge in [-0.1, -0.05) is 6.07 Å². The molecule has 1 heterocycles. The van der Waals surface area contributed by atoms with Crippen LogP contribution in [-0.4, -0.2) is 63.8 Å². The van der Waals surface area contributed by atoms with Crippen LogP contribution in [0.1, 0.15) is 31.1 Å². The molecule has 1 atom stereocenters. The van der Waals surface area contributed by atoms with Crippen LogP contribution in [0, 0.1) is 0 Å². The number of hydrogen-bond donors (Lipinski definition) is 3. The fourth-order valence-electron chi connectivity index (χ4n) is 4.51. The van der Waals surface area contributed by atoms with Gasteiger partial charge in [-0.15, -0.1) is 0 Å². The molecule has 0 spiro atoms. The number of benzene rings is 3. The fourth-order valence-corrected chi connectivity index (χ4v) is 5.78. The number of rotatable bonds is 11. The number of hydrogen-bond acceptors (Lipinski definition) is 9. The maximum absolute atomic E-state index is 13.9. The van der Waals surface area contributed by atoms with Crippen molar-refractivity contribution < 1.29 is 32.2 Å². The van der Waals surface area contributed by atoms with E-state index in [1.807, 2.05) is 0 Å². The Kier molecular flexibility index (Phi) is 10.0. The van der Waals surface area contributed by atoms with Gasteiger partial charge in [0, 0.05) is 43.5 Å². The van der Waals surface area contributed by atoms with E-state index in [-0.39, 0.29) is 17.5 Å². The van der Waals surface area contributed by atoms with E-state index in [1.54, 1.807) is 76.6 Å². The Morgan fingerprint density at radius 3 is 2.36 bits per heavy atom. The molecule has 3 aromatic carbocycles. The van der Waals surface area contributed by atoms with Crippen LogP contribution in [0.5, 0.6) is 17.2 Å². The molecule has 0 fully saturated rings. The highest BCUT2D eigenvalue weighted by atomic mass is 32.2. The number of methoxy groups -OCH3 is 2. The summed E-state index contributed by atoms with van der Waals surface area (Å²) in [6.07, 6.45) is 0.404. The normalized spacial score (nSPS) is 12.0. The molecule has 1 unspecified atom stereocenters. The summed E-state index contributed by atoms with van der Waals surface area (Å²) in [4.78, 5) is 31.7. The minimum absolute atomic E-state index is 0.0463. The third-order valence-corrected chi connectivity index (χ3v) is 9.32. The summed E-state index contributed by atoms with van der Waals surface area (Å²) in [7, 11) is 2.43. The highest BCUT2D eigenvalue weighted by Gasteiger charge is 2.27. The molecule has 0 saturated heterocycles. The molecule has 13 heteroatoms. The van der Waals surface area contributed by atoms with Gasteiger partial charge in [0.1, 0.15) is 11.6 Å². The largest absolute Gasteiger partial charge is 0.493 e. The lowest BCUT2D eigenvalue weighted by molar-refractivity contribution is -0.128. The second-order valence-electron chi connectivity index (χ2n) is 10.7. The zero-order valence-corrected chi connectivity index (χ0v) is 26.8. The van der Waals surface area contributed by atoms with Gasteiger partial charge < -0.3 is 35.5 Å². The summed E-state index contributed by atoms with van der Waals surface area (Å²) in [5, 5.41) is 6.34. The van der Waals surface area contributed by atoms with Crippen LogP contribution in [0.2, 0.25) is 0 Å². The maximum atomic E-state index is 13.9. The molecule has 0 aliphatic heterocycles. The molecule has 0 aliphatic rings. The number of ether oxygens (including phenoxy) is 3. The standard InChI is InChI=1S/C32H37N5O7S/c1-19(2)45(40,41)28-12-8-23(36-32(39)37(3)4)15-22(28)18-35-31(38)29(21-7-11-26(42-5)27(17-21)43-6)44-24-9-10-25-20(16-24)13-14-34-30(25)33/h7-17,19,29H,18H2,1-6H3,(H2,33,34)(H,35,38)(H,36,39). The molecule has 4 N–H and O–H groups in total. The summed E-state index contributed by atoms with van der Waals surface area (Å²) < 4.78 is 43.5. The SMILES string of the molecule is COc1ccc(C(Oc2ccc3c(N)nccc3c2)C(=O)NCc2cc(NC(=O)N(C)C)ccc2S(=O)(=O)C(C)C)cc1OC. The lowest BCUT2D eigenvalue weighted by atomic mass is 10.1. The molecule has 1 aromatic heterocycles. The average molecular weight is 636 g/mol. The summed E-state index contributed by atoms with van der Waals surface area (Å²) in [6.45, 7) is 2.99. The molecular weight excluding hydrogens is 598 g/mol. The van der Waals surface area contributed by atoms with Crippen LogP contribution < -0.4 is 30.6 Å². The number of nitrogen functional groups attached to an aromatic ring is 1. The van der Waals surface area contributed by atoms with E-state index in [4.69, 9.17) is 19.9 Å². The highest BCUT2D eigenvalue weighted by Crippen LogP contribution is 2.33. The Morgan fingerprint density at radius 2 is 1.69 bits per heavy atom. The molecule has 0 radical (unpaired) electrons. The lowest BCUT2D eigenvalue weighted by Crippen LogP contribution is -2.33. The van der Waals surface area contributed by atoms with Gasteiger partial charge in [-0.05, 0) is 79.4 Å². The molecule has 0 bridgehead atoms. The first-order valence-electron chi connectivity index (χ1n) is 14.0. The number of urea groups is 1. The van der Waals surface area contributed by atoms with Crippen molar-refractivity contribution >= 4 is 44.1 Å². The number of amides is 3. The zero-order chi connectivity index (χ0) is 32.9. The number of nitrogens with one attached hydrogen (secondary N) is 2. The number of aromatic nitrogens is 1. The molecule has 4 aromatic rings. The van der Waals surface area contributed by atoms with E-state index in [9.17, 15) is 18.0 Å². The molecule has 0 aliphatic carbocycles. The summed E-state index contributed by atoms with van der Waals surface area (Å²) in [5.41, 5.74) is 7.14. The van der Waals surface area contributed by atoms with Crippen LogP contribution in [-0.2, 0) is 21.2 Å². The number of fused-ring (bicyclic) bond motifs is 1. The van der Waals surface area contributed by atoms with Crippen LogP contribution in [0.15, 0.2) is 71.8 Å². The topological polar surface area (TPSA) is 162 Å². The number of carbonyl (C=O) groups excluding carboxylic acids is 2. The first-order valence-corrected chi connectivity index (χ1v) is 15.6. The van der Waals surface area contributed by atoms with Crippen LogP contribution in [0.25, 0.3) is 10.8 Å². The van der Waals surface area contributed by atoms with Crippen LogP contribution in [0.4, 0.5) is 16.3 Å². The van der Waals surface area contributed by atoms with Gasteiger partial charge >= 0.3 is 6.03 Å². The van der Waals surface area contributed by atoms with Gasteiger partial charge in [-0.3, -0.25) is 4.79 Å². The predicted molar refractivity (Wildman–Crippen MR) is 172 cm³/mol. The zero-order valence-electron chi connectivity index (χ0n) is 26.0. The Labute approximate surface area is 262 Å². The second-order valence-corrected chi connectivity index (χ2v) is 13.1. The van der Waals surface area contributed by atoms with E-state index >= 15 is 0 Å². The monoisotopic (exact) mass is 635 g/mol. The predicted octanol–water partition coefficient (Wildman–Crippen LogP) is 4.55. The molecular formula is C32H37N5O7S. The summed E-state index contributed by atoms with van der Waals surface area (Å²) in [6, 6.07) is 16.0. The van der Waals surface area contributed by atoms with Crippen LogP contribution in [0.3, 0.4) is 0 Å². The first-order chi connectivity index (χ1) is 21.3. The van der Waals surface area contributed by atoms with Gasteiger partial charge in [-0.2, -0.15) is 0 Å². The third kappa shape index (κ3) is 7.37. The van der Waals surface area contributed by atoms with Gasteiger partial charge in [0.05, 0.1) is 24.4 Å². The van der Waals surface area contributed by atoms with Gasteiger partial charge in [0.15, 0.2) is 21.3 Å². The van der Waals surface area contributed by atoms with Crippen molar-refractivity contribution in [1.82, 2.24) is 15.2 Å². The van der Waals surface area contributed by atoms with Gasteiger partial charge in [0.2, 0.25) is 6.10 Å². The first kappa shape index (κ1) is 32.9. The van der Waals surface area contributed by atoms with Crippen LogP contribution >= 0.6 is 0 Å². The number of nitrogens with two attached hydrogens (primary N) is 1. The lowest BCUT2D eigenvalue weighted by Gasteiger charge is -2.22. The number of nitrogens with zero attached hydrogens (tertiary/aromatic N) is 2. The molecule has 12 nitrogen and oxygen atoms in total. The number of carbonyl (C=O) groups is 2. The van der Waals surface area contributed by atoms with Gasteiger partial charge in [-0.25, -0.2) is 18.2 Å². The number of sulfone groups is 1. The molecule has 4 rings (SSSR count). The van der Waals surface area contributed by atoms with E-state index in [0.29, 0.717) is 39.9 Å². The fraction of sp³-hybridized carbons (Fsp3) is 0.281. The van der Waals surface area contributed by atoms with Crippen molar-refractivity contribution in [3.05, 3.63) is 78.0 Å².